The first kappa shape index (κ1) is 23.4. The number of fused-ring (bicyclic) bond motifs is 1. The van der Waals surface area contributed by atoms with Crippen molar-refractivity contribution >= 4 is 34.6 Å². The van der Waals surface area contributed by atoms with Gasteiger partial charge in [0.15, 0.2) is 22.7 Å². The van der Waals surface area contributed by atoms with Gasteiger partial charge in [-0.2, -0.15) is 18.4 Å². The number of benzene rings is 2. The van der Waals surface area contributed by atoms with E-state index in [0.29, 0.717) is 30.0 Å². The van der Waals surface area contributed by atoms with Crippen LogP contribution in [0.25, 0.3) is 0 Å². The molecule has 3 aliphatic rings. The van der Waals surface area contributed by atoms with Gasteiger partial charge in [0.1, 0.15) is 12.1 Å². The van der Waals surface area contributed by atoms with E-state index in [0.717, 1.165) is 29.9 Å². The van der Waals surface area contributed by atoms with Crippen LogP contribution in [0.5, 0.6) is 11.5 Å². The molecule has 182 valence electrons. The van der Waals surface area contributed by atoms with Crippen molar-refractivity contribution in [1.29, 1.82) is 5.26 Å². The molecule has 2 aromatic carbocycles. The predicted molar refractivity (Wildman–Crippen MR) is 123 cm³/mol. The molecule has 35 heavy (non-hydrogen) atoms. The summed E-state index contributed by atoms with van der Waals surface area (Å²) in [5.41, 5.74) is -2.16. The fraction of sp³-hybridized carbons (Fsp3) is 0.375. The van der Waals surface area contributed by atoms with Crippen LogP contribution in [0.1, 0.15) is 36.8 Å². The summed E-state index contributed by atoms with van der Waals surface area (Å²) >= 11 is 5.68. The number of halogens is 3. The van der Waals surface area contributed by atoms with Gasteiger partial charge in [-0.25, -0.2) is 0 Å². The van der Waals surface area contributed by atoms with Crippen LogP contribution < -0.4 is 19.3 Å². The van der Waals surface area contributed by atoms with Crippen LogP contribution in [-0.2, 0) is 11.0 Å². The number of alkyl halides is 3. The summed E-state index contributed by atoms with van der Waals surface area (Å²) in [6.07, 6.45) is -2.74. The van der Waals surface area contributed by atoms with Crippen molar-refractivity contribution in [3.8, 4) is 17.6 Å². The molecule has 1 atom stereocenters. The van der Waals surface area contributed by atoms with Crippen LogP contribution in [0.4, 0.5) is 24.5 Å². The SMILES string of the molecule is N#Cc1ccc(N2C(=O)C3(CCCC3)N(c3ccc4c(c3)OC[C@H](CO)O4)C2=S)cc1C(F)(F)F. The van der Waals surface area contributed by atoms with Crippen molar-refractivity contribution in [3.05, 3.63) is 47.5 Å². The van der Waals surface area contributed by atoms with Crippen molar-refractivity contribution in [2.45, 2.75) is 43.5 Å². The summed E-state index contributed by atoms with van der Waals surface area (Å²) in [5, 5.41) is 18.5. The Hall–Kier alpha value is -3.36. The van der Waals surface area contributed by atoms with Gasteiger partial charge in [-0.05, 0) is 55.4 Å². The number of aliphatic hydroxyl groups excluding tert-OH is 1. The summed E-state index contributed by atoms with van der Waals surface area (Å²) in [6.45, 7) is -0.0481. The summed E-state index contributed by atoms with van der Waals surface area (Å²) < 4.78 is 52.2. The smallest absolute Gasteiger partial charge is 0.417 e. The van der Waals surface area contributed by atoms with Gasteiger partial charge >= 0.3 is 6.18 Å². The highest BCUT2D eigenvalue weighted by Gasteiger charge is 2.57. The molecule has 0 bridgehead atoms. The third-order valence-electron chi connectivity index (χ3n) is 6.64. The van der Waals surface area contributed by atoms with Crippen LogP contribution in [-0.4, -0.2) is 41.0 Å². The lowest BCUT2D eigenvalue weighted by atomic mass is 9.94. The number of anilines is 2. The Labute approximate surface area is 204 Å². The Morgan fingerprint density at radius 2 is 1.86 bits per heavy atom. The van der Waals surface area contributed by atoms with Gasteiger partial charge in [-0.15, -0.1) is 0 Å². The van der Waals surface area contributed by atoms with E-state index in [1.807, 2.05) is 0 Å². The Bertz CT molecular complexity index is 1250. The van der Waals surface area contributed by atoms with Gasteiger partial charge in [0.25, 0.3) is 5.91 Å². The van der Waals surface area contributed by atoms with Gasteiger partial charge in [-0.3, -0.25) is 9.69 Å². The fourth-order valence-corrected chi connectivity index (χ4v) is 5.46. The Morgan fingerprint density at radius 3 is 2.51 bits per heavy atom. The molecule has 7 nitrogen and oxygen atoms in total. The normalized spacial score (nSPS) is 21.1. The van der Waals surface area contributed by atoms with Crippen molar-refractivity contribution in [2.24, 2.45) is 0 Å². The van der Waals surface area contributed by atoms with Crippen LogP contribution in [0.15, 0.2) is 36.4 Å². The molecule has 0 aromatic heterocycles. The lowest BCUT2D eigenvalue weighted by Crippen LogP contribution is -2.47. The molecule has 1 spiro atoms. The minimum atomic E-state index is -4.77. The second kappa shape index (κ2) is 8.39. The summed E-state index contributed by atoms with van der Waals surface area (Å²) in [6, 6.07) is 9.78. The summed E-state index contributed by atoms with van der Waals surface area (Å²) in [7, 11) is 0. The second-order valence-corrected chi connectivity index (χ2v) is 9.07. The van der Waals surface area contributed by atoms with E-state index in [4.69, 9.17) is 27.0 Å². The van der Waals surface area contributed by atoms with E-state index in [9.17, 15) is 23.1 Å². The third kappa shape index (κ3) is 3.68. The number of hydrogen-bond donors (Lipinski definition) is 1. The number of carbonyl (C=O) groups excluding carboxylic acids is 1. The molecule has 1 amide bonds. The average molecular weight is 504 g/mol. The van der Waals surface area contributed by atoms with Gasteiger partial charge in [0.2, 0.25) is 0 Å². The molecule has 1 saturated carbocycles. The monoisotopic (exact) mass is 503 g/mol. The number of thiocarbonyl (C=S) groups is 1. The van der Waals surface area contributed by atoms with E-state index in [1.165, 1.54) is 6.07 Å². The molecule has 11 heteroatoms. The van der Waals surface area contributed by atoms with E-state index in [1.54, 1.807) is 29.2 Å². The highest BCUT2D eigenvalue weighted by atomic mass is 32.1. The van der Waals surface area contributed by atoms with Crippen LogP contribution >= 0.6 is 12.2 Å². The standard InChI is InChI=1S/C24H20F3N3O4S/c25-24(26,27)18-9-15(4-3-14(18)11-28)29-21(32)23(7-1-2-8-23)30(22(29)35)16-5-6-19-20(10-16)33-13-17(12-31)34-19/h3-6,9-10,17,31H,1-2,7-8,12-13H2/t17-/m0/s1. The number of rotatable bonds is 3. The number of aliphatic hydroxyl groups is 1. The highest BCUT2D eigenvalue weighted by Crippen LogP contribution is 2.48. The second-order valence-electron chi connectivity index (χ2n) is 8.70. The quantitative estimate of drug-likeness (QED) is 0.630. The number of amides is 1. The molecule has 0 unspecified atom stereocenters. The van der Waals surface area contributed by atoms with E-state index < -0.39 is 34.9 Å². The zero-order valence-corrected chi connectivity index (χ0v) is 19.2. The molecule has 2 aliphatic heterocycles. The highest BCUT2D eigenvalue weighted by molar-refractivity contribution is 7.81. The number of carbonyl (C=O) groups is 1. The predicted octanol–water partition coefficient (Wildman–Crippen LogP) is 4.16. The first-order chi connectivity index (χ1) is 16.7. The first-order valence-electron chi connectivity index (χ1n) is 11.0. The molecule has 1 aliphatic carbocycles. The summed E-state index contributed by atoms with van der Waals surface area (Å²) in [5.74, 6) is 0.467. The zero-order chi connectivity index (χ0) is 25.0. The lowest BCUT2D eigenvalue weighted by Gasteiger charge is -2.33. The average Bonchev–Trinajstić information content (AvgIpc) is 3.41. The van der Waals surface area contributed by atoms with Crippen molar-refractivity contribution < 1.29 is 32.5 Å². The first-order valence-corrected chi connectivity index (χ1v) is 11.4. The molecule has 2 heterocycles. The number of nitriles is 1. The zero-order valence-electron chi connectivity index (χ0n) is 18.3. The Morgan fingerprint density at radius 1 is 1.14 bits per heavy atom. The lowest BCUT2D eigenvalue weighted by molar-refractivity contribution is -0.137. The van der Waals surface area contributed by atoms with Gasteiger partial charge in [0, 0.05) is 11.8 Å². The van der Waals surface area contributed by atoms with Crippen LogP contribution in [0.2, 0.25) is 0 Å². The Kier molecular flexibility index (Phi) is 5.61. The maximum Gasteiger partial charge on any atom is 0.417 e. The van der Waals surface area contributed by atoms with Gasteiger partial charge in [-0.1, -0.05) is 12.8 Å². The fourth-order valence-electron chi connectivity index (χ4n) is 4.99. The van der Waals surface area contributed by atoms with Crippen molar-refractivity contribution in [2.75, 3.05) is 23.0 Å². The molecule has 2 fully saturated rings. The molecule has 2 aromatic rings. The molecular weight excluding hydrogens is 483 g/mol. The van der Waals surface area contributed by atoms with Gasteiger partial charge in [0.05, 0.1) is 29.5 Å². The molecular formula is C24H20F3N3O4S. The van der Waals surface area contributed by atoms with Crippen molar-refractivity contribution in [1.82, 2.24) is 0 Å². The molecule has 1 saturated heterocycles. The minimum absolute atomic E-state index is 0.0385. The molecule has 5 rings (SSSR count). The largest absolute Gasteiger partial charge is 0.486 e. The number of ether oxygens (including phenoxy) is 2. The van der Waals surface area contributed by atoms with E-state index >= 15 is 0 Å². The number of nitrogens with zero attached hydrogens (tertiary/aromatic N) is 3. The number of hydrogen-bond acceptors (Lipinski definition) is 6. The van der Waals surface area contributed by atoms with E-state index in [-0.39, 0.29) is 24.0 Å². The molecule has 0 radical (unpaired) electrons. The van der Waals surface area contributed by atoms with E-state index in [2.05, 4.69) is 0 Å². The maximum atomic E-state index is 13.8. The maximum absolute atomic E-state index is 13.8. The third-order valence-corrected chi connectivity index (χ3v) is 7.00. The van der Waals surface area contributed by atoms with Gasteiger partial charge < -0.3 is 19.5 Å². The van der Waals surface area contributed by atoms with Crippen LogP contribution in [0.3, 0.4) is 0 Å². The Balaban J connectivity index is 1.58. The molecule has 1 N–H and O–H groups in total. The minimum Gasteiger partial charge on any atom is -0.486 e. The van der Waals surface area contributed by atoms with Crippen LogP contribution in [0, 0.1) is 11.3 Å². The topological polar surface area (TPSA) is 86.0 Å². The summed E-state index contributed by atoms with van der Waals surface area (Å²) in [4.78, 5) is 16.6. The van der Waals surface area contributed by atoms with Crippen molar-refractivity contribution in [3.63, 3.8) is 0 Å².